The highest BCUT2D eigenvalue weighted by Gasteiger charge is 2.12. The van der Waals surface area contributed by atoms with Crippen LogP contribution >= 0.6 is 27.5 Å². The molecule has 2 aromatic rings. The Morgan fingerprint density at radius 1 is 1.39 bits per heavy atom. The van der Waals surface area contributed by atoms with Crippen LogP contribution in [-0.4, -0.2) is 9.97 Å². The summed E-state index contributed by atoms with van der Waals surface area (Å²) < 4.78 is 19.1. The zero-order valence-electron chi connectivity index (χ0n) is 9.45. The van der Waals surface area contributed by atoms with E-state index in [9.17, 15) is 4.39 Å². The van der Waals surface area contributed by atoms with Crippen LogP contribution in [0.3, 0.4) is 0 Å². The van der Waals surface area contributed by atoms with Crippen molar-refractivity contribution in [1.29, 1.82) is 0 Å². The summed E-state index contributed by atoms with van der Waals surface area (Å²) in [6.07, 6.45) is 1.97. The summed E-state index contributed by atoms with van der Waals surface area (Å²) in [6, 6.07) is 4.16. The summed E-state index contributed by atoms with van der Waals surface area (Å²) in [7, 11) is 0. The molecule has 0 unspecified atom stereocenters. The van der Waals surface area contributed by atoms with Crippen molar-refractivity contribution in [2.24, 2.45) is 0 Å². The molecule has 6 heteroatoms. The van der Waals surface area contributed by atoms with Gasteiger partial charge in [-0.1, -0.05) is 18.5 Å². The molecule has 0 atom stereocenters. The predicted molar refractivity (Wildman–Crippen MR) is 70.6 cm³/mol. The third kappa shape index (κ3) is 2.79. The fourth-order valence-electron chi connectivity index (χ4n) is 1.42. The summed E-state index contributed by atoms with van der Waals surface area (Å²) >= 11 is 9.19. The standard InChI is InChI=1S/C12H9BrClFN2O/c1-2-8-11(14)16-6-17-12(8)18-10-4-3-7(15)5-9(10)13/h3-6H,2H2,1H3. The van der Waals surface area contributed by atoms with Gasteiger partial charge in [-0.2, -0.15) is 0 Å². The maximum absolute atomic E-state index is 13.0. The van der Waals surface area contributed by atoms with Crippen LogP contribution in [0.5, 0.6) is 11.6 Å². The molecule has 0 aliphatic carbocycles. The third-order valence-corrected chi connectivity index (χ3v) is 3.25. The van der Waals surface area contributed by atoms with E-state index < -0.39 is 0 Å². The van der Waals surface area contributed by atoms with Crippen LogP contribution in [0.15, 0.2) is 29.0 Å². The molecule has 0 saturated heterocycles. The maximum atomic E-state index is 13.0. The monoisotopic (exact) mass is 330 g/mol. The lowest BCUT2D eigenvalue weighted by Gasteiger charge is -2.10. The van der Waals surface area contributed by atoms with E-state index in [4.69, 9.17) is 16.3 Å². The van der Waals surface area contributed by atoms with E-state index in [1.807, 2.05) is 6.92 Å². The molecule has 0 N–H and O–H groups in total. The molecular formula is C12H9BrClFN2O. The normalized spacial score (nSPS) is 10.4. The average Bonchev–Trinajstić information content (AvgIpc) is 2.33. The Bertz CT molecular complexity index is 580. The van der Waals surface area contributed by atoms with Crippen LogP contribution in [-0.2, 0) is 6.42 Å². The van der Waals surface area contributed by atoms with E-state index in [2.05, 4.69) is 25.9 Å². The topological polar surface area (TPSA) is 35.0 Å². The Balaban J connectivity index is 2.37. The highest BCUT2D eigenvalue weighted by molar-refractivity contribution is 9.10. The molecule has 1 heterocycles. The molecule has 0 spiro atoms. The Morgan fingerprint density at radius 2 is 2.17 bits per heavy atom. The summed E-state index contributed by atoms with van der Waals surface area (Å²) in [4.78, 5) is 7.93. The lowest BCUT2D eigenvalue weighted by atomic mass is 10.2. The minimum atomic E-state index is -0.342. The first-order valence-corrected chi connectivity index (χ1v) is 6.41. The van der Waals surface area contributed by atoms with E-state index in [0.29, 0.717) is 27.7 Å². The Labute approximate surface area is 117 Å². The Kier molecular flexibility index (Phi) is 4.14. The highest BCUT2D eigenvalue weighted by Crippen LogP contribution is 2.32. The molecule has 1 aromatic carbocycles. The van der Waals surface area contributed by atoms with Crippen LogP contribution in [0.25, 0.3) is 0 Å². The van der Waals surface area contributed by atoms with E-state index in [1.54, 1.807) is 0 Å². The molecule has 0 bridgehead atoms. The van der Waals surface area contributed by atoms with E-state index in [0.717, 1.165) is 5.56 Å². The van der Waals surface area contributed by atoms with Gasteiger partial charge in [-0.15, -0.1) is 0 Å². The molecule has 3 nitrogen and oxygen atoms in total. The molecule has 1 aromatic heterocycles. The Morgan fingerprint density at radius 3 is 2.83 bits per heavy atom. The molecule has 94 valence electrons. The molecule has 0 amide bonds. The largest absolute Gasteiger partial charge is 0.437 e. The lowest BCUT2D eigenvalue weighted by Crippen LogP contribution is -1.97. The second-order valence-corrected chi connectivity index (χ2v) is 4.69. The van der Waals surface area contributed by atoms with Crippen molar-refractivity contribution in [2.75, 3.05) is 0 Å². The van der Waals surface area contributed by atoms with Crippen LogP contribution in [0, 0.1) is 5.82 Å². The van der Waals surface area contributed by atoms with Gasteiger partial charge in [-0.25, -0.2) is 14.4 Å². The van der Waals surface area contributed by atoms with E-state index >= 15 is 0 Å². The zero-order chi connectivity index (χ0) is 13.1. The second-order valence-electron chi connectivity index (χ2n) is 3.48. The number of benzene rings is 1. The van der Waals surface area contributed by atoms with Crippen molar-refractivity contribution in [1.82, 2.24) is 9.97 Å². The van der Waals surface area contributed by atoms with Gasteiger partial charge in [0.25, 0.3) is 0 Å². The van der Waals surface area contributed by atoms with Crippen LogP contribution in [0.4, 0.5) is 4.39 Å². The van der Waals surface area contributed by atoms with Crippen molar-refractivity contribution in [3.8, 4) is 11.6 Å². The number of rotatable bonds is 3. The molecule has 18 heavy (non-hydrogen) atoms. The minimum absolute atomic E-state index is 0.342. The smallest absolute Gasteiger partial charge is 0.227 e. The van der Waals surface area contributed by atoms with Gasteiger partial charge in [0.05, 0.1) is 10.0 Å². The SMILES string of the molecule is CCc1c(Cl)ncnc1Oc1ccc(F)cc1Br. The lowest BCUT2D eigenvalue weighted by molar-refractivity contribution is 0.450. The fraction of sp³-hybridized carbons (Fsp3) is 0.167. The fourth-order valence-corrected chi connectivity index (χ4v) is 2.11. The van der Waals surface area contributed by atoms with Gasteiger partial charge in [0.1, 0.15) is 23.0 Å². The summed E-state index contributed by atoms with van der Waals surface area (Å²) in [6.45, 7) is 1.93. The average molecular weight is 332 g/mol. The number of hydrogen-bond acceptors (Lipinski definition) is 3. The summed E-state index contributed by atoms with van der Waals surface area (Å²) in [5.41, 5.74) is 0.718. The van der Waals surface area contributed by atoms with E-state index in [-0.39, 0.29) is 5.82 Å². The van der Waals surface area contributed by atoms with Gasteiger partial charge < -0.3 is 4.74 Å². The van der Waals surface area contributed by atoms with Crippen LogP contribution in [0.2, 0.25) is 5.15 Å². The van der Waals surface area contributed by atoms with Crippen LogP contribution in [0.1, 0.15) is 12.5 Å². The van der Waals surface area contributed by atoms with Crippen LogP contribution < -0.4 is 4.74 Å². The van der Waals surface area contributed by atoms with Gasteiger partial charge in [0, 0.05) is 0 Å². The van der Waals surface area contributed by atoms with Crippen molar-refractivity contribution in [3.63, 3.8) is 0 Å². The van der Waals surface area contributed by atoms with Gasteiger partial charge in [-0.3, -0.25) is 0 Å². The number of halogens is 3. The number of aromatic nitrogens is 2. The minimum Gasteiger partial charge on any atom is -0.437 e. The highest BCUT2D eigenvalue weighted by atomic mass is 79.9. The predicted octanol–water partition coefficient (Wildman–Crippen LogP) is 4.39. The molecule has 0 fully saturated rings. The van der Waals surface area contributed by atoms with Gasteiger partial charge >= 0.3 is 0 Å². The third-order valence-electron chi connectivity index (χ3n) is 2.31. The molecule has 0 saturated carbocycles. The van der Waals surface area contributed by atoms with Crippen molar-refractivity contribution in [2.45, 2.75) is 13.3 Å². The molecule has 0 aliphatic heterocycles. The summed E-state index contributed by atoms with van der Waals surface area (Å²) in [5.74, 6) is 0.510. The molecular weight excluding hydrogens is 322 g/mol. The maximum Gasteiger partial charge on any atom is 0.227 e. The van der Waals surface area contributed by atoms with Crippen molar-refractivity contribution >= 4 is 27.5 Å². The van der Waals surface area contributed by atoms with Gasteiger partial charge in [-0.05, 0) is 40.5 Å². The van der Waals surface area contributed by atoms with E-state index in [1.165, 1.54) is 24.5 Å². The van der Waals surface area contributed by atoms with Gasteiger partial charge in [0.15, 0.2) is 0 Å². The number of nitrogens with zero attached hydrogens (tertiary/aromatic N) is 2. The van der Waals surface area contributed by atoms with Gasteiger partial charge in [0.2, 0.25) is 5.88 Å². The quantitative estimate of drug-likeness (QED) is 0.783. The Hall–Kier alpha value is -1.20. The molecule has 0 radical (unpaired) electrons. The molecule has 2 rings (SSSR count). The second kappa shape index (κ2) is 5.63. The number of hydrogen-bond donors (Lipinski definition) is 0. The molecule has 0 aliphatic rings. The zero-order valence-corrected chi connectivity index (χ0v) is 11.8. The number of ether oxygens (including phenoxy) is 1. The first-order chi connectivity index (χ1) is 8.61. The van der Waals surface area contributed by atoms with Crippen molar-refractivity contribution in [3.05, 3.63) is 45.5 Å². The first-order valence-electron chi connectivity index (χ1n) is 5.24. The van der Waals surface area contributed by atoms with Crippen molar-refractivity contribution < 1.29 is 9.13 Å². The summed E-state index contributed by atoms with van der Waals surface area (Å²) in [5, 5.41) is 0.362. The first kappa shape index (κ1) is 13.2.